The fourth-order valence-electron chi connectivity index (χ4n) is 3.59. The molecule has 0 atom stereocenters. The number of nitrogens with two attached hydrogens (primary N) is 1. The smallest absolute Gasteiger partial charge is 0.299 e. The van der Waals surface area contributed by atoms with Crippen LogP contribution in [0.25, 0.3) is 0 Å². The number of nitrogens with one attached hydrogen (secondary N) is 2. The maximum Gasteiger partial charge on any atom is 0.299 e. The molecule has 0 fully saturated rings. The van der Waals surface area contributed by atoms with E-state index in [2.05, 4.69) is 15.5 Å². The molecule has 0 aliphatic carbocycles. The van der Waals surface area contributed by atoms with E-state index in [4.69, 9.17) is 10.5 Å². The standard InChI is InChI=1S/C18H22F2N4O3S/c1-16(2)7-9-11(14(21)25)13(28-12(9)17(3,4)27-16)18(19,20)8-22-15(26)10-5-6-23-24-10/h5-6H,7-8H2,1-4H3,(H2,21,25)(H,22,26)(H,23,24). The molecular weight excluding hydrogens is 390 g/mol. The van der Waals surface area contributed by atoms with Gasteiger partial charge in [0, 0.05) is 17.5 Å². The van der Waals surface area contributed by atoms with Crippen molar-refractivity contribution in [3.63, 3.8) is 0 Å². The highest BCUT2D eigenvalue weighted by atomic mass is 32.1. The van der Waals surface area contributed by atoms with Gasteiger partial charge in [-0.25, -0.2) is 0 Å². The number of aromatic nitrogens is 2. The van der Waals surface area contributed by atoms with Crippen molar-refractivity contribution in [1.29, 1.82) is 0 Å². The lowest BCUT2D eigenvalue weighted by atomic mass is 9.85. The maximum absolute atomic E-state index is 15.0. The Bertz CT molecular complexity index is 920. The van der Waals surface area contributed by atoms with Crippen molar-refractivity contribution in [2.45, 2.75) is 51.2 Å². The number of primary amides is 1. The molecule has 28 heavy (non-hydrogen) atoms. The topological polar surface area (TPSA) is 110 Å². The van der Waals surface area contributed by atoms with Crippen molar-refractivity contribution in [2.75, 3.05) is 6.54 Å². The lowest BCUT2D eigenvalue weighted by Gasteiger charge is -2.41. The molecule has 3 rings (SSSR count). The van der Waals surface area contributed by atoms with Gasteiger partial charge in [0.15, 0.2) is 0 Å². The van der Waals surface area contributed by atoms with E-state index in [1.54, 1.807) is 13.8 Å². The summed E-state index contributed by atoms with van der Waals surface area (Å²) in [6.07, 6.45) is 1.70. The highest BCUT2D eigenvalue weighted by Crippen LogP contribution is 2.49. The second kappa shape index (κ2) is 6.63. The fraction of sp³-hybridized carbons (Fsp3) is 0.500. The van der Waals surface area contributed by atoms with Gasteiger partial charge >= 0.3 is 0 Å². The van der Waals surface area contributed by atoms with Crippen LogP contribution in [-0.4, -0.2) is 34.2 Å². The highest BCUT2D eigenvalue weighted by Gasteiger charge is 2.47. The predicted molar refractivity (Wildman–Crippen MR) is 99.5 cm³/mol. The van der Waals surface area contributed by atoms with Crippen LogP contribution in [0.3, 0.4) is 0 Å². The number of alkyl halides is 2. The van der Waals surface area contributed by atoms with Gasteiger partial charge in [0.25, 0.3) is 11.8 Å². The van der Waals surface area contributed by atoms with Crippen LogP contribution < -0.4 is 11.1 Å². The lowest BCUT2D eigenvalue weighted by molar-refractivity contribution is -0.135. The van der Waals surface area contributed by atoms with Gasteiger partial charge in [-0.3, -0.25) is 14.7 Å². The largest absolute Gasteiger partial charge is 0.366 e. The minimum Gasteiger partial charge on any atom is -0.366 e. The van der Waals surface area contributed by atoms with Crippen LogP contribution in [0.2, 0.25) is 0 Å². The predicted octanol–water partition coefficient (Wildman–Crippen LogP) is 2.68. The third-order valence-electron chi connectivity index (χ3n) is 4.47. The number of amides is 2. The first kappa shape index (κ1) is 20.4. The summed E-state index contributed by atoms with van der Waals surface area (Å²) in [4.78, 5) is 24.1. The molecule has 152 valence electrons. The summed E-state index contributed by atoms with van der Waals surface area (Å²) in [6, 6.07) is 1.37. The Labute approximate surface area is 164 Å². The van der Waals surface area contributed by atoms with Crippen molar-refractivity contribution in [1.82, 2.24) is 15.5 Å². The summed E-state index contributed by atoms with van der Waals surface area (Å²) in [5, 5.41) is 8.25. The first-order chi connectivity index (χ1) is 12.8. The molecule has 0 aromatic carbocycles. The third-order valence-corrected chi connectivity index (χ3v) is 6.12. The summed E-state index contributed by atoms with van der Waals surface area (Å²) >= 11 is 0.805. The van der Waals surface area contributed by atoms with E-state index < -0.39 is 40.4 Å². The van der Waals surface area contributed by atoms with Gasteiger partial charge < -0.3 is 15.8 Å². The molecule has 3 heterocycles. The SMILES string of the molecule is CC1(C)Cc2c(sc(C(F)(F)CNC(=O)c3cc[nH]n3)c2C(N)=O)C(C)(C)O1. The summed E-state index contributed by atoms with van der Waals surface area (Å²) in [7, 11) is 0. The van der Waals surface area contributed by atoms with E-state index >= 15 is 8.78 Å². The molecule has 0 saturated carbocycles. The Morgan fingerprint density at radius 2 is 2.07 bits per heavy atom. The number of ether oxygens (including phenoxy) is 1. The number of carbonyl (C=O) groups is 2. The second-order valence-electron chi connectivity index (χ2n) is 7.87. The number of hydrogen-bond donors (Lipinski definition) is 3. The number of aromatic amines is 1. The average molecular weight is 412 g/mol. The molecule has 0 unspecified atom stereocenters. The molecule has 7 nitrogen and oxygen atoms in total. The summed E-state index contributed by atoms with van der Waals surface area (Å²) < 4.78 is 36.1. The van der Waals surface area contributed by atoms with E-state index in [0.717, 1.165) is 11.3 Å². The number of nitrogens with zero attached hydrogens (tertiary/aromatic N) is 1. The zero-order chi connectivity index (χ0) is 20.9. The summed E-state index contributed by atoms with van der Waals surface area (Å²) in [6.45, 7) is 6.23. The number of halogens is 2. The van der Waals surface area contributed by atoms with Gasteiger partial charge in [-0.2, -0.15) is 13.9 Å². The van der Waals surface area contributed by atoms with Crippen LogP contribution in [-0.2, 0) is 22.7 Å². The molecule has 10 heteroatoms. The fourth-order valence-corrected chi connectivity index (χ4v) is 4.92. The van der Waals surface area contributed by atoms with Crippen molar-refractivity contribution in [3.05, 3.63) is 38.8 Å². The van der Waals surface area contributed by atoms with Gasteiger partial charge in [0.1, 0.15) is 5.69 Å². The van der Waals surface area contributed by atoms with Crippen molar-refractivity contribution in [2.24, 2.45) is 5.73 Å². The zero-order valence-electron chi connectivity index (χ0n) is 16.0. The molecule has 2 amide bonds. The molecule has 0 radical (unpaired) electrons. The Balaban J connectivity index is 1.98. The number of fused-ring (bicyclic) bond motifs is 1. The van der Waals surface area contributed by atoms with Crippen molar-refractivity contribution < 1.29 is 23.1 Å². The monoisotopic (exact) mass is 412 g/mol. The van der Waals surface area contributed by atoms with Crippen LogP contribution in [0.15, 0.2) is 12.3 Å². The number of H-pyrrole nitrogens is 1. The summed E-state index contributed by atoms with van der Waals surface area (Å²) in [5.74, 6) is -5.15. The Morgan fingerprint density at radius 3 is 2.64 bits per heavy atom. The van der Waals surface area contributed by atoms with Crippen LogP contribution in [0.4, 0.5) is 8.78 Å². The highest BCUT2D eigenvalue weighted by molar-refractivity contribution is 7.12. The van der Waals surface area contributed by atoms with Crippen LogP contribution in [0.1, 0.15) is 63.9 Å². The van der Waals surface area contributed by atoms with Gasteiger partial charge in [0.2, 0.25) is 5.91 Å². The lowest BCUT2D eigenvalue weighted by Crippen LogP contribution is -2.42. The number of carbonyl (C=O) groups excluding carboxylic acids is 2. The van der Waals surface area contributed by atoms with Gasteiger partial charge in [-0.1, -0.05) is 0 Å². The molecule has 2 aromatic heterocycles. The first-order valence-corrected chi connectivity index (χ1v) is 9.48. The van der Waals surface area contributed by atoms with Gasteiger partial charge in [-0.05, 0) is 39.3 Å². The van der Waals surface area contributed by atoms with Crippen molar-refractivity contribution >= 4 is 23.2 Å². The minimum absolute atomic E-state index is 0.00678. The summed E-state index contributed by atoms with van der Waals surface area (Å²) in [5.41, 5.74) is 4.31. The maximum atomic E-state index is 15.0. The van der Waals surface area contributed by atoms with E-state index in [1.165, 1.54) is 12.3 Å². The van der Waals surface area contributed by atoms with Crippen LogP contribution in [0, 0.1) is 0 Å². The Kier molecular flexibility index (Phi) is 4.83. The molecular formula is C18H22F2N4O3S. The minimum atomic E-state index is -3.49. The second-order valence-corrected chi connectivity index (χ2v) is 8.89. The van der Waals surface area contributed by atoms with E-state index in [-0.39, 0.29) is 17.7 Å². The normalized spacial score (nSPS) is 17.8. The zero-order valence-corrected chi connectivity index (χ0v) is 16.8. The molecule has 0 spiro atoms. The van der Waals surface area contributed by atoms with Crippen molar-refractivity contribution in [3.8, 4) is 0 Å². The Hall–Kier alpha value is -2.33. The number of hydrogen-bond acceptors (Lipinski definition) is 5. The quantitative estimate of drug-likeness (QED) is 0.701. The molecule has 0 saturated heterocycles. The molecule has 2 aromatic rings. The first-order valence-electron chi connectivity index (χ1n) is 8.66. The van der Waals surface area contributed by atoms with E-state index in [1.807, 2.05) is 13.8 Å². The molecule has 0 bridgehead atoms. The van der Waals surface area contributed by atoms with Gasteiger partial charge in [-0.15, -0.1) is 11.3 Å². The molecule has 4 N–H and O–H groups in total. The van der Waals surface area contributed by atoms with E-state index in [0.29, 0.717) is 10.4 Å². The van der Waals surface area contributed by atoms with E-state index in [9.17, 15) is 9.59 Å². The average Bonchev–Trinajstić information content (AvgIpc) is 3.18. The Morgan fingerprint density at radius 1 is 1.39 bits per heavy atom. The van der Waals surface area contributed by atoms with Crippen LogP contribution in [0.5, 0.6) is 0 Å². The number of thiophene rings is 1. The third kappa shape index (κ3) is 3.66. The van der Waals surface area contributed by atoms with Crippen LogP contribution >= 0.6 is 11.3 Å². The molecule has 1 aliphatic heterocycles. The molecule has 1 aliphatic rings. The van der Waals surface area contributed by atoms with Gasteiger partial charge in [0.05, 0.1) is 28.2 Å². The number of rotatable bonds is 5.